The minimum atomic E-state index is -0.0306. The number of rotatable bonds is 5. The van der Waals surface area contributed by atoms with Crippen molar-refractivity contribution in [1.82, 2.24) is 4.98 Å². The molecule has 106 valence electrons. The van der Waals surface area contributed by atoms with Crippen LogP contribution in [0, 0.1) is 13.8 Å². The Balaban J connectivity index is 2.10. The first kappa shape index (κ1) is 14.7. The second kappa shape index (κ2) is 6.63. The fraction of sp³-hybridized carbons (Fsp3) is 0.333. The van der Waals surface area contributed by atoms with Crippen molar-refractivity contribution in [2.24, 2.45) is 5.73 Å². The maximum atomic E-state index is 11.6. The fourth-order valence-corrected chi connectivity index (χ4v) is 2.73. The van der Waals surface area contributed by atoms with Gasteiger partial charge < -0.3 is 11.1 Å². The van der Waals surface area contributed by atoms with Crippen molar-refractivity contribution in [3.8, 4) is 11.3 Å². The number of hydrogen-bond donors (Lipinski definition) is 2. The molecule has 0 saturated heterocycles. The highest BCUT2D eigenvalue weighted by Gasteiger charge is 2.09. The minimum absolute atomic E-state index is 0.0306. The van der Waals surface area contributed by atoms with Crippen LogP contribution in [0.3, 0.4) is 0 Å². The topological polar surface area (TPSA) is 68.0 Å². The van der Waals surface area contributed by atoms with Crippen molar-refractivity contribution < 1.29 is 4.79 Å². The third-order valence-corrected chi connectivity index (χ3v) is 3.77. The molecule has 0 aliphatic rings. The number of anilines is 1. The predicted octanol–water partition coefficient (Wildman–Crippen LogP) is 3.10. The molecule has 4 nitrogen and oxygen atoms in total. The molecule has 0 bridgehead atoms. The lowest BCUT2D eigenvalue weighted by molar-refractivity contribution is -0.116. The lowest BCUT2D eigenvalue weighted by Crippen LogP contribution is -2.13. The van der Waals surface area contributed by atoms with E-state index in [0.717, 1.165) is 11.3 Å². The Labute approximate surface area is 123 Å². The molecule has 1 heterocycles. The summed E-state index contributed by atoms with van der Waals surface area (Å²) in [6.45, 7) is 4.67. The van der Waals surface area contributed by atoms with Crippen LogP contribution in [-0.4, -0.2) is 17.4 Å². The van der Waals surface area contributed by atoms with Gasteiger partial charge in [-0.1, -0.05) is 23.8 Å². The van der Waals surface area contributed by atoms with Crippen molar-refractivity contribution in [2.45, 2.75) is 26.7 Å². The Kier molecular flexibility index (Phi) is 4.87. The zero-order chi connectivity index (χ0) is 14.5. The van der Waals surface area contributed by atoms with Crippen LogP contribution in [-0.2, 0) is 4.79 Å². The number of aryl methyl sites for hydroxylation is 2. The van der Waals surface area contributed by atoms with E-state index in [-0.39, 0.29) is 5.91 Å². The van der Waals surface area contributed by atoms with Gasteiger partial charge in [-0.3, -0.25) is 4.79 Å². The third-order valence-electron chi connectivity index (χ3n) is 3.02. The van der Waals surface area contributed by atoms with Crippen molar-refractivity contribution in [2.75, 3.05) is 11.9 Å². The van der Waals surface area contributed by atoms with E-state index in [1.165, 1.54) is 22.5 Å². The van der Waals surface area contributed by atoms with Gasteiger partial charge in [-0.25, -0.2) is 4.98 Å². The van der Waals surface area contributed by atoms with Crippen LogP contribution in [0.25, 0.3) is 11.3 Å². The standard InChI is InChI=1S/C15H19N3OS/c1-10-5-6-12(11(2)8-10)13-9-20-15(17-13)18-14(19)4-3-7-16/h5-6,8-9H,3-4,7,16H2,1-2H3,(H,17,18,19). The number of hydrogen-bond acceptors (Lipinski definition) is 4. The van der Waals surface area contributed by atoms with E-state index in [1.54, 1.807) is 0 Å². The van der Waals surface area contributed by atoms with Crippen molar-refractivity contribution in [1.29, 1.82) is 0 Å². The second-order valence-electron chi connectivity index (χ2n) is 4.80. The molecule has 0 radical (unpaired) electrons. The number of nitrogens with zero attached hydrogens (tertiary/aromatic N) is 1. The van der Waals surface area contributed by atoms with Gasteiger partial charge in [0.1, 0.15) is 0 Å². The molecule has 0 saturated carbocycles. The number of amides is 1. The Bertz CT molecular complexity index is 607. The number of thiazole rings is 1. The first-order valence-electron chi connectivity index (χ1n) is 6.63. The molecule has 20 heavy (non-hydrogen) atoms. The Hall–Kier alpha value is -1.72. The van der Waals surface area contributed by atoms with Crippen LogP contribution in [0.15, 0.2) is 23.6 Å². The SMILES string of the molecule is Cc1ccc(-c2csc(NC(=O)CCCN)n2)c(C)c1. The van der Waals surface area contributed by atoms with E-state index in [2.05, 4.69) is 42.3 Å². The van der Waals surface area contributed by atoms with E-state index in [1.807, 2.05) is 5.38 Å². The van der Waals surface area contributed by atoms with Crippen molar-refractivity contribution in [3.63, 3.8) is 0 Å². The molecule has 3 N–H and O–H groups in total. The van der Waals surface area contributed by atoms with Gasteiger partial charge in [0, 0.05) is 17.4 Å². The van der Waals surface area contributed by atoms with E-state index in [9.17, 15) is 4.79 Å². The number of nitrogens with one attached hydrogen (secondary N) is 1. The largest absolute Gasteiger partial charge is 0.330 e. The van der Waals surface area contributed by atoms with Gasteiger partial charge in [-0.05, 0) is 32.4 Å². The molecule has 1 amide bonds. The summed E-state index contributed by atoms with van der Waals surface area (Å²) in [5.74, 6) is -0.0306. The highest BCUT2D eigenvalue weighted by molar-refractivity contribution is 7.14. The normalized spacial score (nSPS) is 10.6. The maximum absolute atomic E-state index is 11.6. The maximum Gasteiger partial charge on any atom is 0.226 e. The van der Waals surface area contributed by atoms with Gasteiger partial charge in [0.05, 0.1) is 5.69 Å². The molecule has 1 aromatic carbocycles. The van der Waals surface area contributed by atoms with E-state index < -0.39 is 0 Å². The summed E-state index contributed by atoms with van der Waals surface area (Å²) < 4.78 is 0. The third kappa shape index (κ3) is 3.65. The van der Waals surface area contributed by atoms with Crippen LogP contribution in [0.1, 0.15) is 24.0 Å². The fourth-order valence-electron chi connectivity index (χ4n) is 2.00. The molecule has 2 aromatic rings. The molecule has 0 fully saturated rings. The number of carbonyl (C=O) groups excluding carboxylic acids is 1. The first-order valence-corrected chi connectivity index (χ1v) is 7.51. The summed E-state index contributed by atoms with van der Waals surface area (Å²) in [5.41, 5.74) is 9.82. The lowest BCUT2D eigenvalue weighted by atomic mass is 10.0. The Morgan fingerprint density at radius 2 is 2.20 bits per heavy atom. The van der Waals surface area contributed by atoms with Gasteiger partial charge in [0.2, 0.25) is 5.91 Å². The number of aromatic nitrogens is 1. The average molecular weight is 289 g/mol. The van der Waals surface area contributed by atoms with Gasteiger partial charge in [0.15, 0.2) is 5.13 Å². The molecule has 0 aliphatic heterocycles. The first-order chi connectivity index (χ1) is 9.60. The Morgan fingerprint density at radius 3 is 2.90 bits per heavy atom. The quantitative estimate of drug-likeness (QED) is 0.888. The van der Waals surface area contributed by atoms with Crippen LogP contribution < -0.4 is 11.1 Å². The number of carbonyl (C=O) groups is 1. The zero-order valence-corrected chi connectivity index (χ0v) is 12.6. The summed E-state index contributed by atoms with van der Waals surface area (Å²) >= 11 is 1.44. The smallest absolute Gasteiger partial charge is 0.226 e. The van der Waals surface area contributed by atoms with Crippen molar-refractivity contribution >= 4 is 22.4 Å². The minimum Gasteiger partial charge on any atom is -0.330 e. The van der Waals surface area contributed by atoms with Gasteiger partial charge in [-0.2, -0.15) is 0 Å². The summed E-state index contributed by atoms with van der Waals surface area (Å²) in [7, 11) is 0. The van der Waals surface area contributed by atoms with Gasteiger partial charge >= 0.3 is 0 Å². The van der Waals surface area contributed by atoms with E-state index in [0.29, 0.717) is 24.5 Å². The number of benzene rings is 1. The molecule has 5 heteroatoms. The zero-order valence-electron chi connectivity index (χ0n) is 11.8. The van der Waals surface area contributed by atoms with Crippen molar-refractivity contribution in [3.05, 3.63) is 34.7 Å². The van der Waals surface area contributed by atoms with Crippen LogP contribution >= 0.6 is 11.3 Å². The second-order valence-corrected chi connectivity index (χ2v) is 5.65. The molecule has 0 atom stereocenters. The monoisotopic (exact) mass is 289 g/mol. The van der Waals surface area contributed by atoms with Crippen LogP contribution in [0.4, 0.5) is 5.13 Å². The molecule has 0 spiro atoms. The summed E-state index contributed by atoms with van der Waals surface area (Å²) in [6.07, 6.45) is 1.14. The summed E-state index contributed by atoms with van der Waals surface area (Å²) in [6, 6.07) is 6.27. The van der Waals surface area contributed by atoms with E-state index >= 15 is 0 Å². The summed E-state index contributed by atoms with van der Waals surface area (Å²) in [4.78, 5) is 16.1. The van der Waals surface area contributed by atoms with Crippen LogP contribution in [0.2, 0.25) is 0 Å². The number of nitrogens with two attached hydrogens (primary N) is 1. The molecule has 2 rings (SSSR count). The molecular formula is C15H19N3OS. The van der Waals surface area contributed by atoms with E-state index in [4.69, 9.17) is 5.73 Å². The molecular weight excluding hydrogens is 270 g/mol. The predicted molar refractivity (Wildman–Crippen MR) is 83.9 cm³/mol. The average Bonchev–Trinajstić information content (AvgIpc) is 2.84. The molecule has 0 unspecified atom stereocenters. The summed E-state index contributed by atoms with van der Waals surface area (Å²) in [5, 5.41) is 5.42. The van der Waals surface area contributed by atoms with Crippen LogP contribution in [0.5, 0.6) is 0 Å². The van der Waals surface area contributed by atoms with Gasteiger partial charge in [-0.15, -0.1) is 11.3 Å². The highest BCUT2D eigenvalue weighted by atomic mass is 32.1. The molecule has 1 aromatic heterocycles. The molecule has 0 aliphatic carbocycles. The lowest BCUT2D eigenvalue weighted by Gasteiger charge is -2.03. The Morgan fingerprint density at radius 1 is 1.40 bits per heavy atom. The highest BCUT2D eigenvalue weighted by Crippen LogP contribution is 2.28. The van der Waals surface area contributed by atoms with Gasteiger partial charge in [0.25, 0.3) is 0 Å².